The van der Waals surface area contributed by atoms with E-state index in [0.29, 0.717) is 11.4 Å². The summed E-state index contributed by atoms with van der Waals surface area (Å²) in [5, 5.41) is 9.75. The van der Waals surface area contributed by atoms with Gasteiger partial charge in [0.25, 0.3) is 5.91 Å². The fourth-order valence-corrected chi connectivity index (χ4v) is 2.29. The maximum atomic E-state index is 12.1. The van der Waals surface area contributed by atoms with Gasteiger partial charge in [-0.05, 0) is 13.0 Å². The fraction of sp³-hybridized carbons (Fsp3) is 0.357. The van der Waals surface area contributed by atoms with Crippen molar-refractivity contribution >= 4 is 17.4 Å². The van der Waals surface area contributed by atoms with Gasteiger partial charge in [-0.3, -0.25) is 4.79 Å². The number of pyridine rings is 1. The largest absolute Gasteiger partial charge is 0.369 e. The number of nitrogens with zero attached hydrogens (tertiary/aromatic N) is 3. The maximum Gasteiger partial charge on any atom is 0.279 e. The Bertz CT molecular complexity index is 634. The van der Waals surface area contributed by atoms with Crippen molar-refractivity contribution in [1.82, 2.24) is 15.5 Å². The van der Waals surface area contributed by atoms with Crippen LogP contribution in [0.4, 0.5) is 11.5 Å². The van der Waals surface area contributed by atoms with Crippen molar-refractivity contribution in [1.29, 1.82) is 0 Å². The van der Waals surface area contributed by atoms with Gasteiger partial charge in [0.15, 0.2) is 5.69 Å². The number of hydrogen-bond acceptors (Lipinski definition) is 6. The molecule has 0 radical (unpaired) electrons. The van der Waals surface area contributed by atoms with Crippen molar-refractivity contribution in [2.75, 3.05) is 36.4 Å². The van der Waals surface area contributed by atoms with Gasteiger partial charge in [0.05, 0.1) is 0 Å². The highest BCUT2D eigenvalue weighted by Gasteiger charge is 2.15. The highest BCUT2D eigenvalue weighted by molar-refractivity contribution is 6.03. The summed E-state index contributed by atoms with van der Waals surface area (Å²) in [6, 6.07) is 3.82. The van der Waals surface area contributed by atoms with Crippen molar-refractivity contribution in [3.05, 3.63) is 35.9 Å². The van der Waals surface area contributed by atoms with Crippen LogP contribution in [0.2, 0.25) is 0 Å². The summed E-state index contributed by atoms with van der Waals surface area (Å²) in [5.41, 5.74) is 2.04. The number of nitrogens with one attached hydrogen (secondary N) is 2. The van der Waals surface area contributed by atoms with Crippen LogP contribution in [0.25, 0.3) is 0 Å². The molecular formula is C14H17N5O2. The molecule has 3 rings (SSSR count). The number of carbonyl (C=O) groups is 1. The molecule has 0 aromatic carbocycles. The van der Waals surface area contributed by atoms with Gasteiger partial charge in [0.1, 0.15) is 12.1 Å². The topological polar surface area (TPSA) is 83.3 Å². The van der Waals surface area contributed by atoms with Crippen LogP contribution in [0.3, 0.4) is 0 Å². The molecule has 0 spiro atoms. The van der Waals surface area contributed by atoms with Crippen LogP contribution >= 0.6 is 0 Å². The van der Waals surface area contributed by atoms with E-state index in [0.717, 1.165) is 31.9 Å². The normalized spacial score (nSPS) is 15.0. The quantitative estimate of drug-likeness (QED) is 0.877. The van der Waals surface area contributed by atoms with Gasteiger partial charge in [-0.2, -0.15) is 0 Å². The lowest BCUT2D eigenvalue weighted by Crippen LogP contribution is -2.43. The van der Waals surface area contributed by atoms with Gasteiger partial charge in [-0.1, -0.05) is 5.16 Å². The van der Waals surface area contributed by atoms with E-state index < -0.39 is 0 Å². The Labute approximate surface area is 122 Å². The lowest BCUT2D eigenvalue weighted by atomic mass is 10.2. The van der Waals surface area contributed by atoms with Gasteiger partial charge in [0.2, 0.25) is 0 Å². The van der Waals surface area contributed by atoms with Crippen LogP contribution in [0.1, 0.15) is 16.1 Å². The average Bonchev–Trinajstić information content (AvgIpc) is 2.95. The van der Waals surface area contributed by atoms with E-state index in [4.69, 9.17) is 4.52 Å². The van der Waals surface area contributed by atoms with Gasteiger partial charge < -0.3 is 20.1 Å². The Kier molecular flexibility index (Phi) is 3.83. The van der Waals surface area contributed by atoms with Crippen molar-refractivity contribution < 1.29 is 9.32 Å². The standard InChI is InChI=1S/C14H17N5O2/c1-10-9-21-18-13(10)14(20)17-12-8-11(2-3-16-12)19-6-4-15-5-7-19/h2-3,8-9,15H,4-7H2,1H3,(H,16,17,20). The molecule has 1 amide bonds. The third-order valence-electron chi connectivity index (χ3n) is 3.43. The SMILES string of the molecule is Cc1conc1C(=O)Nc1cc(N2CCNCC2)ccn1. The second kappa shape index (κ2) is 5.92. The minimum absolute atomic E-state index is 0.282. The maximum absolute atomic E-state index is 12.1. The Morgan fingerprint density at radius 3 is 2.95 bits per heavy atom. The molecule has 3 heterocycles. The summed E-state index contributed by atoms with van der Waals surface area (Å²) >= 11 is 0. The molecule has 2 N–H and O–H groups in total. The summed E-state index contributed by atoms with van der Waals surface area (Å²) in [6.45, 7) is 5.58. The number of anilines is 2. The minimum Gasteiger partial charge on any atom is -0.369 e. The molecule has 0 unspecified atom stereocenters. The first-order chi connectivity index (χ1) is 10.2. The summed E-state index contributed by atoms with van der Waals surface area (Å²) in [4.78, 5) is 18.5. The molecule has 1 saturated heterocycles. The lowest BCUT2D eigenvalue weighted by molar-refractivity contribution is 0.101. The molecule has 0 atom stereocenters. The smallest absolute Gasteiger partial charge is 0.279 e. The molecule has 1 fully saturated rings. The third kappa shape index (κ3) is 3.03. The molecule has 1 aliphatic heterocycles. The number of rotatable bonds is 3. The van der Waals surface area contributed by atoms with Crippen molar-refractivity contribution in [2.45, 2.75) is 6.92 Å². The fourth-order valence-electron chi connectivity index (χ4n) is 2.29. The zero-order valence-corrected chi connectivity index (χ0v) is 11.8. The first-order valence-corrected chi connectivity index (χ1v) is 6.88. The molecule has 0 aliphatic carbocycles. The van der Waals surface area contributed by atoms with Crippen LogP contribution in [0, 0.1) is 6.92 Å². The van der Waals surface area contributed by atoms with Crippen LogP contribution in [0.15, 0.2) is 29.1 Å². The predicted molar refractivity (Wildman–Crippen MR) is 78.5 cm³/mol. The number of amides is 1. The van der Waals surface area contributed by atoms with E-state index >= 15 is 0 Å². The van der Waals surface area contributed by atoms with E-state index in [2.05, 4.69) is 25.7 Å². The Balaban J connectivity index is 1.74. The van der Waals surface area contributed by atoms with E-state index in [-0.39, 0.29) is 11.6 Å². The third-order valence-corrected chi connectivity index (χ3v) is 3.43. The number of carbonyl (C=O) groups excluding carboxylic acids is 1. The van der Waals surface area contributed by atoms with Crippen molar-refractivity contribution in [3.8, 4) is 0 Å². The minimum atomic E-state index is -0.314. The second-order valence-electron chi connectivity index (χ2n) is 4.94. The molecule has 7 nitrogen and oxygen atoms in total. The molecule has 0 bridgehead atoms. The summed E-state index contributed by atoms with van der Waals surface area (Å²) in [7, 11) is 0. The Morgan fingerprint density at radius 2 is 2.24 bits per heavy atom. The first-order valence-electron chi connectivity index (χ1n) is 6.88. The van der Waals surface area contributed by atoms with Gasteiger partial charge in [-0.15, -0.1) is 0 Å². The highest BCUT2D eigenvalue weighted by Crippen LogP contribution is 2.18. The summed E-state index contributed by atoms with van der Waals surface area (Å²) in [6.07, 6.45) is 3.14. The summed E-state index contributed by atoms with van der Waals surface area (Å²) < 4.78 is 4.78. The number of aromatic nitrogens is 2. The predicted octanol–water partition coefficient (Wildman–Crippen LogP) is 1.04. The molecule has 0 saturated carbocycles. The van der Waals surface area contributed by atoms with Crippen molar-refractivity contribution in [2.24, 2.45) is 0 Å². The van der Waals surface area contributed by atoms with E-state index in [1.54, 1.807) is 13.1 Å². The van der Waals surface area contributed by atoms with Crippen LogP contribution in [-0.2, 0) is 0 Å². The molecule has 110 valence electrons. The molecule has 2 aromatic rings. The van der Waals surface area contributed by atoms with E-state index in [1.807, 2.05) is 12.1 Å². The van der Waals surface area contributed by atoms with E-state index in [1.165, 1.54) is 6.26 Å². The lowest BCUT2D eigenvalue weighted by Gasteiger charge is -2.29. The zero-order valence-electron chi connectivity index (χ0n) is 11.8. The zero-order chi connectivity index (χ0) is 14.7. The van der Waals surface area contributed by atoms with Crippen LogP contribution in [-0.4, -0.2) is 42.2 Å². The molecule has 21 heavy (non-hydrogen) atoms. The highest BCUT2D eigenvalue weighted by atomic mass is 16.5. The summed E-state index contributed by atoms with van der Waals surface area (Å²) in [5.74, 6) is 0.199. The van der Waals surface area contributed by atoms with Crippen molar-refractivity contribution in [3.63, 3.8) is 0 Å². The second-order valence-corrected chi connectivity index (χ2v) is 4.94. The van der Waals surface area contributed by atoms with Gasteiger partial charge >= 0.3 is 0 Å². The monoisotopic (exact) mass is 287 g/mol. The van der Waals surface area contributed by atoms with Gasteiger partial charge in [0, 0.05) is 49.7 Å². The van der Waals surface area contributed by atoms with Crippen LogP contribution in [0.5, 0.6) is 0 Å². The average molecular weight is 287 g/mol. The number of hydrogen-bond donors (Lipinski definition) is 2. The molecular weight excluding hydrogens is 270 g/mol. The Morgan fingerprint density at radius 1 is 1.43 bits per heavy atom. The molecule has 1 aliphatic rings. The molecule has 7 heteroatoms. The van der Waals surface area contributed by atoms with Crippen LogP contribution < -0.4 is 15.5 Å². The molecule has 2 aromatic heterocycles. The number of piperazine rings is 1. The number of aryl methyl sites for hydroxylation is 1. The van der Waals surface area contributed by atoms with E-state index in [9.17, 15) is 4.79 Å². The first kappa shape index (κ1) is 13.6. The Hall–Kier alpha value is -2.41. The van der Waals surface area contributed by atoms with Gasteiger partial charge in [-0.25, -0.2) is 4.98 Å².